The van der Waals surface area contributed by atoms with Crippen molar-refractivity contribution in [2.75, 3.05) is 11.5 Å². The molecule has 306 valence electrons. The van der Waals surface area contributed by atoms with Gasteiger partial charge in [0.25, 0.3) is 0 Å². The zero-order valence-electron chi connectivity index (χ0n) is 32.5. The lowest BCUT2D eigenvalue weighted by atomic mass is 9.80. The van der Waals surface area contributed by atoms with Gasteiger partial charge in [0.1, 0.15) is 22.4 Å². The molecule has 3 N–H and O–H groups in total. The molecule has 1 aromatic carbocycles. The molecular weight excluding hydrogens is 789 g/mol. The van der Waals surface area contributed by atoms with Gasteiger partial charge < -0.3 is 10.8 Å². The summed E-state index contributed by atoms with van der Waals surface area (Å²) in [6.07, 6.45) is 10.7. The van der Waals surface area contributed by atoms with Crippen LogP contribution in [0.3, 0.4) is 0 Å². The zero-order chi connectivity index (χ0) is 40.9. The number of benzene rings is 1. The molecule has 10 nitrogen and oxygen atoms in total. The Morgan fingerprint density at radius 1 is 0.855 bits per heavy atom. The monoisotopic (exact) mass is 843 g/mol. The van der Waals surface area contributed by atoms with Gasteiger partial charge >= 0.3 is 5.97 Å². The van der Waals surface area contributed by atoms with E-state index in [9.17, 15) is 35.2 Å². The first-order chi connectivity index (χ1) is 25.4. The maximum atomic E-state index is 13.3. The number of nitrogens with zero attached hydrogens (tertiary/aromatic N) is 2. The fraction of sp³-hybridized carbons (Fsp3) is 0.641. The molecular formula is C39H55F2N3O7S4. The standard InChI is InChI=1S/C20H26FNO3S2.C12H22O4S.C7H7FN2S/c1-20(2,3)27(24,25)12-13-4-6-14(7-5-13)17(23)11-19-22-16-9-8-15(21)10-18(16)26-19;1-12(2,3)17(15,16)8-9-4-6-10(7-5-9)11(13)14;8-4-1-2-5-6(3-4)11-7(9)10-5/h8-10,13-14H,4-7,11-12H2,1-3H3;9-10H,4-8H2,1-3H3,(H,13,14);1-3,5-6H,(H2,9,10). The van der Waals surface area contributed by atoms with Gasteiger partial charge in [-0.1, -0.05) is 17.8 Å². The van der Waals surface area contributed by atoms with E-state index in [1.54, 1.807) is 59.8 Å². The summed E-state index contributed by atoms with van der Waals surface area (Å²) in [6.45, 7) is 10.4. The van der Waals surface area contributed by atoms with Gasteiger partial charge in [0.15, 0.2) is 24.8 Å². The highest BCUT2D eigenvalue weighted by Gasteiger charge is 2.36. The summed E-state index contributed by atoms with van der Waals surface area (Å²) >= 11 is 2.78. The molecule has 55 heavy (non-hydrogen) atoms. The molecule has 3 aliphatic carbocycles. The third-order valence-electron chi connectivity index (χ3n) is 10.6. The largest absolute Gasteiger partial charge is 0.481 e. The maximum absolute atomic E-state index is 13.3. The van der Waals surface area contributed by atoms with Crippen molar-refractivity contribution in [2.45, 2.75) is 120 Å². The Morgan fingerprint density at radius 3 is 1.89 bits per heavy atom. The molecule has 0 saturated heterocycles. The van der Waals surface area contributed by atoms with Gasteiger partial charge in [-0.15, -0.1) is 11.3 Å². The summed E-state index contributed by atoms with van der Waals surface area (Å²) in [6, 6.07) is 4.51. The molecule has 6 rings (SSSR count). The molecule has 1 aliphatic heterocycles. The van der Waals surface area contributed by atoms with Crippen LogP contribution in [0.15, 0.2) is 47.2 Å². The van der Waals surface area contributed by atoms with Crippen molar-refractivity contribution in [2.24, 2.45) is 34.4 Å². The molecule has 2 fully saturated rings. The molecule has 4 aliphatic rings. The number of rotatable bonds is 8. The van der Waals surface area contributed by atoms with Crippen LogP contribution in [0.25, 0.3) is 10.2 Å². The molecule has 0 amide bonds. The van der Waals surface area contributed by atoms with Crippen molar-refractivity contribution in [1.82, 2.24) is 4.98 Å². The summed E-state index contributed by atoms with van der Waals surface area (Å²) in [5.41, 5.74) is 6.19. The maximum Gasteiger partial charge on any atom is 0.306 e. The van der Waals surface area contributed by atoms with E-state index in [2.05, 4.69) is 9.98 Å². The molecule has 0 spiro atoms. The fourth-order valence-corrected chi connectivity index (χ4v) is 11.7. The van der Waals surface area contributed by atoms with Crippen LogP contribution in [0.1, 0.15) is 97.9 Å². The molecule has 0 radical (unpaired) electrons. The van der Waals surface area contributed by atoms with Crippen molar-refractivity contribution < 1.29 is 40.3 Å². The Hall–Kier alpha value is -2.69. The summed E-state index contributed by atoms with van der Waals surface area (Å²) < 4.78 is 74.0. The van der Waals surface area contributed by atoms with Gasteiger partial charge in [-0.3, -0.25) is 14.6 Å². The Balaban J connectivity index is 0.000000204. The molecule has 2 unspecified atom stereocenters. The molecule has 2 heterocycles. The van der Waals surface area contributed by atoms with E-state index in [1.807, 2.05) is 0 Å². The first kappa shape index (κ1) is 45.0. The highest BCUT2D eigenvalue weighted by atomic mass is 32.2. The highest BCUT2D eigenvalue weighted by molar-refractivity contribution is 8.14. The number of aromatic nitrogens is 1. The number of hydrogen-bond acceptors (Lipinski definition) is 11. The number of thiazole rings is 1. The number of aliphatic imine (C=N–C) groups is 1. The molecule has 2 atom stereocenters. The number of Topliss-reactive ketones (excluding diaryl/α,β-unsaturated/α-hetero) is 1. The Morgan fingerprint density at radius 2 is 1.38 bits per heavy atom. The fourth-order valence-electron chi connectivity index (χ4n) is 6.81. The second-order valence-electron chi connectivity index (χ2n) is 16.9. The normalized spacial score (nSPS) is 25.7. The number of carbonyl (C=O) groups is 2. The Labute approximate surface area is 332 Å². The summed E-state index contributed by atoms with van der Waals surface area (Å²) in [7, 11) is -6.21. The number of nitrogens with two attached hydrogens (primary N) is 1. The molecule has 16 heteroatoms. The van der Waals surface area contributed by atoms with Crippen LogP contribution in [0.4, 0.5) is 8.78 Å². The van der Waals surface area contributed by atoms with Gasteiger partial charge in [-0.25, -0.2) is 30.6 Å². The van der Waals surface area contributed by atoms with Crippen molar-refractivity contribution in [3.05, 3.63) is 53.1 Å². The summed E-state index contributed by atoms with van der Waals surface area (Å²) in [5.74, 6) is -0.696. The SMILES string of the molecule is CC(C)(C)S(=O)(=O)CC1CCC(C(=O)Cc2nc3ccc(F)cc3s2)CC1.CC(C)(C)S(=O)(=O)CC1CCC(C(=O)O)CC1.NC1=NC2C=CC(F)=CC2S1. The Bertz CT molecular complexity index is 2000. The van der Waals surface area contributed by atoms with Gasteiger partial charge in [-0.05, 0) is 135 Å². The van der Waals surface area contributed by atoms with Gasteiger partial charge in [0, 0.05) is 5.92 Å². The number of hydrogen-bond donors (Lipinski definition) is 2. The number of thioether (sulfide) groups is 1. The number of fused-ring (bicyclic) bond motifs is 2. The van der Waals surface area contributed by atoms with E-state index in [4.69, 9.17) is 10.8 Å². The van der Waals surface area contributed by atoms with Crippen LogP contribution >= 0.6 is 23.1 Å². The summed E-state index contributed by atoms with van der Waals surface area (Å²) in [4.78, 5) is 32.0. The summed E-state index contributed by atoms with van der Waals surface area (Å²) in [5, 5.41) is 10.2. The average molecular weight is 844 g/mol. The number of carbonyl (C=O) groups excluding carboxylic acids is 1. The van der Waals surface area contributed by atoms with Crippen molar-refractivity contribution in [3.8, 4) is 0 Å². The van der Waals surface area contributed by atoms with Crippen molar-refractivity contribution >= 4 is 69.9 Å². The number of carboxylic acids is 1. The third kappa shape index (κ3) is 12.6. The Kier molecular flexibility index (Phi) is 15.0. The lowest BCUT2D eigenvalue weighted by Crippen LogP contribution is -2.35. The molecule has 2 aromatic rings. The van der Waals surface area contributed by atoms with Crippen LogP contribution in [-0.4, -0.2) is 76.1 Å². The lowest BCUT2D eigenvalue weighted by molar-refractivity contribution is -0.143. The van der Waals surface area contributed by atoms with E-state index in [-0.39, 0.29) is 70.3 Å². The topological polar surface area (TPSA) is 174 Å². The van der Waals surface area contributed by atoms with Gasteiger partial charge in [0.05, 0.1) is 54.8 Å². The number of carboxylic acid groups (broad SMARTS) is 1. The number of aliphatic carboxylic acids is 1. The van der Waals surface area contributed by atoms with Crippen molar-refractivity contribution in [1.29, 1.82) is 0 Å². The third-order valence-corrected chi connectivity index (χ3v) is 18.2. The van der Waals surface area contributed by atoms with E-state index in [0.29, 0.717) is 30.9 Å². The van der Waals surface area contributed by atoms with Crippen LogP contribution in [0.5, 0.6) is 0 Å². The minimum absolute atomic E-state index is 0.0256. The number of halogens is 2. The van der Waals surface area contributed by atoms with E-state index >= 15 is 0 Å². The average Bonchev–Trinajstić information content (AvgIpc) is 3.65. The van der Waals surface area contributed by atoms with Crippen LogP contribution in [-0.2, 0) is 35.7 Å². The van der Waals surface area contributed by atoms with Crippen LogP contribution in [0.2, 0.25) is 0 Å². The van der Waals surface area contributed by atoms with Crippen LogP contribution in [0, 0.1) is 29.5 Å². The van der Waals surface area contributed by atoms with E-state index < -0.39 is 35.1 Å². The van der Waals surface area contributed by atoms with Gasteiger partial charge in [0.2, 0.25) is 0 Å². The first-order valence-corrected chi connectivity index (χ1v) is 23.7. The van der Waals surface area contributed by atoms with E-state index in [1.165, 1.54) is 41.3 Å². The van der Waals surface area contributed by atoms with E-state index in [0.717, 1.165) is 40.9 Å². The predicted molar refractivity (Wildman–Crippen MR) is 219 cm³/mol. The first-order valence-electron chi connectivity index (χ1n) is 18.7. The zero-order valence-corrected chi connectivity index (χ0v) is 35.7. The van der Waals surface area contributed by atoms with Crippen molar-refractivity contribution in [3.63, 3.8) is 0 Å². The number of allylic oxidation sites excluding steroid dienone is 2. The second kappa shape index (κ2) is 18.3. The second-order valence-corrected chi connectivity index (χ2v) is 24.8. The minimum atomic E-state index is -3.13. The quantitative estimate of drug-likeness (QED) is 0.266. The number of amidine groups is 1. The number of ketones is 1. The highest BCUT2D eigenvalue weighted by Crippen LogP contribution is 2.35. The lowest BCUT2D eigenvalue weighted by Gasteiger charge is -2.29. The smallest absolute Gasteiger partial charge is 0.306 e. The molecule has 1 aromatic heterocycles. The number of sulfone groups is 2. The van der Waals surface area contributed by atoms with Crippen LogP contribution < -0.4 is 5.73 Å². The van der Waals surface area contributed by atoms with Gasteiger partial charge in [-0.2, -0.15) is 0 Å². The minimum Gasteiger partial charge on any atom is -0.481 e. The molecule has 0 bridgehead atoms. The molecule has 2 saturated carbocycles. The predicted octanol–water partition coefficient (Wildman–Crippen LogP) is 7.87.